The highest BCUT2D eigenvalue weighted by molar-refractivity contribution is 9.10. The van der Waals surface area contributed by atoms with Gasteiger partial charge < -0.3 is 10.6 Å². The summed E-state index contributed by atoms with van der Waals surface area (Å²) in [5.74, 6) is 1.18. The molecule has 0 spiro atoms. The Morgan fingerprint density at radius 2 is 2.22 bits per heavy atom. The molecule has 2 unspecified atom stereocenters. The van der Waals surface area contributed by atoms with Crippen LogP contribution in [0.2, 0.25) is 0 Å². The first kappa shape index (κ1) is 14.2. The number of rotatable bonds is 2. The van der Waals surface area contributed by atoms with Gasteiger partial charge in [-0.15, -0.1) is 0 Å². The van der Waals surface area contributed by atoms with E-state index < -0.39 is 0 Å². The number of anilines is 1. The van der Waals surface area contributed by atoms with Gasteiger partial charge >= 0.3 is 0 Å². The number of nitrogens with two attached hydrogens (primary N) is 1. The summed E-state index contributed by atoms with van der Waals surface area (Å²) in [7, 11) is 0. The molecular formula is C13H17BrN2S2. The zero-order valence-corrected chi connectivity index (χ0v) is 13.7. The van der Waals surface area contributed by atoms with Gasteiger partial charge in [0.25, 0.3) is 0 Å². The molecule has 18 heavy (non-hydrogen) atoms. The molecule has 98 valence electrons. The monoisotopic (exact) mass is 344 g/mol. The lowest BCUT2D eigenvalue weighted by Crippen LogP contribution is -2.44. The van der Waals surface area contributed by atoms with Crippen LogP contribution in [0.25, 0.3) is 0 Å². The second-order valence-electron chi connectivity index (χ2n) is 4.54. The topological polar surface area (TPSA) is 29.3 Å². The summed E-state index contributed by atoms with van der Waals surface area (Å²) in [5, 5.41) is 0.660. The van der Waals surface area contributed by atoms with Gasteiger partial charge in [0.2, 0.25) is 0 Å². The van der Waals surface area contributed by atoms with E-state index in [1.54, 1.807) is 0 Å². The zero-order valence-electron chi connectivity index (χ0n) is 10.5. The van der Waals surface area contributed by atoms with Crippen LogP contribution in [-0.2, 0) is 0 Å². The number of thiocarbonyl (C=S) groups is 1. The number of hydrogen-bond donors (Lipinski definition) is 1. The molecule has 0 aliphatic carbocycles. The van der Waals surface area contributed by atoms with Crippen LogP contribution in [-0.4, -0.2) is 28.6 Å². The van der Waals surface area contributed by atoms with E-state index in [2.05, 4.69) is 46.8 Å². The van der Waals surface area contributed by atoms with E-state index in [4.69, 9.17) is 18.0 Å². The van der Waals surface area contributed by atoms with E-state index in [0.717, 1.165) is 16.6 Å². The maximum absolute atomic E-state index is 5.68. The molecule has 1 aliphatic rings. The van der Waals surface area contributed by atoms with Crippen LogP contribution >= 0.6 is 39.9 Å². The SMILES string of the molecule is CC1SCCN(c2ccc(C(N)=S)c(Br)c2)C1C. The van der Waals surface area contributed by atoms with Gasteiger partial charge in [-0.2, -0.15) is 11.8 Å². The van der Waals surface area contributed by atoms with Crippen molar-refractivity contribution in [1.82, 2.24) is 0 Å². The first-order valence-corrected chi connectivity index (χ1v) is 8.23. The average molecular weight is 345 g/mol. The summed E-state index contributed by atoms with van der Waals surface area (Å²) in [6, 6.07) is 6.78. The van der Waals surface area contributed by atoms with Crippen molar-refractivity contribution in [2.45, 2.75) is 25.1 Å². The molecule has 2 N–H and O–H groups in total. The van der Waals surface area contributed by atoms with Crippen LogP contribution in [0, 0.1) is 0 Å². The van der Waals surface area contributed by atoms with Crippen molar-refractivity contribution in [3.05, 3.63) is 28.2 Å². The van der Waals surface area contributed by atoms with Gasteiger partial charge in [0.15, 0.2) is 0 Å². The third-order valence-electron chi connectivity index (χ3n) is 3.43. The molecule has 1 aromatic carbocycles. The minimum atomic E-state index is 0.434. The van der Waals surface area contributed by atoms with Crippen LogP contribution in [0.3, 0.4) is 0 Å². The fraction of sp³-hybridized carbons (Fsp3) is 0.462. The molecule has 1 fully saturated rings. The van der Waals surface area contributed by atoms with Gasteiger partial charge in [0.05, 0.1) is 0 Å². The molecule has 0 amide bonds. The molecule has 2 rings (SSSR count). The summed E-state index contributed by atoms with van der Waals surface area (Å²) < 4.78 is 0.977. The Bertz CT molecular complexity index is 464. The Kier molecular flexibility index (Phi) is 4.56. The minimum Gasteiger partial charge on any atom is -0.389 e. The standard InChI is InChI=1S/C13H17BrN2S2/c1-8-9(2)18-6-5-16(8)10-3-4-11(13(15)17)12(14)7-10/h3-4,7-9H,5-6H2,1-2H3,(H2,15,17). The minimum absolute atomic E-state index is 0.434. The largest absolute Gasteiger partial charge is 0.389 e. The van der Waals surface area contributed by atoms with Crippen molar-refractivity contribution in [3.63, 3.8) is 0 Å². The third-order valence-corrected chi connectivity index (χ3v) is 5.65. The Labute approximate surface area is 126 Å². The summed E-state index contributed by atoms with van der Waals surface area (Å²) >= 11 is 10.6. The van der Waals surface area contributed by atoms with E-state index >= 15 is 0 Å². The lowest BCUT2D eigenvalue weighted by molar-refractivity contribution is 0.627. The van der Waals surface area contributed by atoms with Crippen molar-refractivity contribution in [2.75, 3.05) is 17.2 Å². The first-order valence-electron chi connectivity index (χ1n) is 5.98. The Morgan fingerprint density at radius 1 is 1.50 bits per heavy atom. The first-order chi connectivity index (χ1) is 8.50. The predicted octanol–water partition coefficient (Wildman–Crippen LogP) is 3.41. The van der Waals surface area contributed by atoms with E-state index in [1.165, 1.54) is 11.4 Å². The molecule has 0 aromatic heterocycles. The molecule has 0 saturated carbocycles. The van der Waals surface area contributed by atoms with Gasteiger partial charge in [-0.25, -0.2) is 0 Å². The zero-order chi connectivity index (χ0) is 13.3. The molecule has 5 heteroatoms. The summed E-state index contributed by atoms with van der Waals surface area (Å²) in [6.07, 6.45) is 0. The summed E-state index contributed by atoms with van der Waals surface area (Å²) in [6.45, 7) is 5.67. The van der Waals surface area contributed by atoms with Crippen molar-refractivity contribution in [2.24, 2.45) is 5.73 Å². The number of benzene rings is 1. The van der Waals surface area contributed by atoms with Crippen LogP contribution in [0.5, 0.6) is 0 Å². The Hall–Kier alpha value is -0.260. The van der Waals surface area contributed by atoms with Gasteiger partial charge in [-0.3, -0.25) is 0 Å². The van der Waals surface area contributed by atoms with E-state index in [0.29, 0.717) is 16.3 Å². The molecule has 1 aliphatic heterocycles. The molecule has 0 bridgehead atoms. The van der Waals surface area contributed by atoms with Crippen LogP contribution in [0.1, 0.15) is 19.4 Å². The smallest absolute Gasteiger partial charge is 0.105 e. The van der Waals surface area contributed by atoms with Crippen molar-refractivity contribution in [3.8, 4) is 0 Å². The molecular weight excluding hydrogens is 328 g/mol. The van der Waals surface area contributed by atoms with Crippen molar-refractivity contribution < 1.29 is 0 Å². The van der Waals surface area contributed by atoms with Crippen LogP contribution in [0.4, 0.5) is 5.69 Å². The lowest BCUT2D eigenvalue weighted by Gasteiger charge is -2.39. The van der Waals surface area contributed by atoms with Gasteiger partial charge in [-0.05, 0) is 41.1 Å². The second kappa shape index (κ2) is 5.80. The molecule has 1 saturated heterocycles. The molecule has 2 nitrogen and oxygen atoms in total. The van der Waals surface area contributed by atoms with Gasteiger partial charge in [0, 0.05) is 39.3 Å². The average Bonchev–Trinajstić information content (AvgIpc) is 2.32. The molecule has 2 atom stereocenters. The second-order valence-corrected chi connectivity index (χ2v) is 7.32. The van der Waals surface area contributed by atoms with E-state index in [1.807, 2.05) is 17.8 Å². The lowest BCUT2D eigenvalue weighted by atomic mass is 10.1. The highest BCUT2D eigenvalue weighted by Gasteiger charge is 2.25. The maximum atomic E-state index is 5.68. The quantitative estimate of drug-likeness (QED) is 0.832. The predicted molar refractivity (Wildman–Crippen MR) is 88.8 cm³/mol. The fourth-order valence-electron chi connectivity index (χ4n) is 2.18. The van der Waals surface area contributed by atoms with Crippen LogP contribution < -0.4 is 10.6 Å². The number of nitrogens with zero attached hydrogens (tertiary/aromatic N) is 1. The van der Waals surface area contributed by atoms with E-state index in [-0.39, 0.29) is 0 Å². The number of thioether (sulfide) groups is 1. The highest BCUT2D eigenvalue weighted by atomic mass is 79.9. The van der Waals surface area contributed by atoms with Gasteiger partial charge in [0.1, 0.15) is 4.99 Å². The molecule has 0 radical (unpaired) electrons. The number of halogens is 1. The third kappa shape index (κ3) is 2.83. The fourth-order valence-corrected chi connectivity index (χ4v) is 4.17. The van der Waals surface area contributed by atoms with Crippen molar-refractivity contribution >= 4 is 50.6 Å². The van der Waals surface area contributed by atoms with E-state index in [9.17, 15) is 0 Å². The van der Waals surface area contributed by atoms with Crippen molar-refractivity contribution in [1.29, 1.82) is 0 Å². The number of hydrogen-bond acceptors (Lipinski definition) is 3. The van der Waals surface area contributed by atoms with Gasteiger partial charge in [-0.1, -0.05) is 19.1 Å². The highest BCUT2D eigenvalue weighted by Crippen LogP contribution is 2.31. The summed E-state index contributed by atoms with van der Waals surface area (Å²) in [5.41, 5.74) is 7.82. The molecule has 1 heterocycles. The van der Waals surface area contributed by atoms with Crippen LogP contribution in [0.15, 0.2) is 22.7 Å². The normalized spacial score (nSPS) is 24.1. The molecule has 1 aromatic rings. The summed E-state index contributed by atoms with van der Waals surface area (Å²) in [4.78, 5) is 2.89. The Morgan fingerprint density at radius 3 is 2.83 bits per heavy atom. The maximum Gasteiger partial charge on any atom is 0.105 e. The Balaban J connectivity index is 2.28.